The number of amides is 1. The quantitative estimate of drug-likeness (QED) is 0.835. The minimum absolute atomic E-state index is 0.0628. The molecule has 0 unspecified atom stereocenters. The molecular formula is C18H26N2O3S. The fourth-order valence-electron chi connectivity index (χ4n) is 4.32. The molecular weight excluding hydrogens is 324 g/mol. The van der Waals surface area contributed by atoms with E-state index in [2.05, 4.69) is 5.16 Å². The van der Waals surface area contributed by atoms with Crippen LogP contribution in [0.15, 0.2) is 4.52 Å². The molecule has 1 aromatic heterocycles. The molecule has 5 nitrogen and oxygen atoms in total. The number of ether oxygens (including phenoxy) is 1. The van der Waals surface area contributed by atoms with E-state index in [0.717, 1.165) is 37.8 Å². The molecule has 24 heavy (non-hydrogen) atoms. The lowest BCUT2D eigenvalue weighted by atomic mass is 9.92. The van der Waals surface area contributed by atoms with Crippen molar-refractivity contribution in [3.05, 3.63) is 17.0 Å². The predicted octanol–water partition coefficient (Wildman–Crippen LogP) is 3.20. The van der Waals surface area contributed by atoms with Crippen molar-refractivity contribution in [2.24, 2.45) is 5.92 Å². The second-order valence-electron chi connectivity index (χ2n) is 7.66. The van der Waals surface area contributed by atoms with E-state index < -0.39 is 0 Å². The number of rotatable bonds is 4. The Labute approximate surface area is 147 Å². The van der Waals surface area contributed by atoms with Crippen LogP contribution in [0.4, 0.5) is 0 Å². The van der Waals surface area contributed by atoms with Gasteiger partial charge in [0.25, 0.3) is 5.91 Å². The first-order valence-electron chi connectivity index (χ1n) is 9.04. The molecule has 2 aliphatic heterocycles. The maximum absolute atomic E-state index is 12.6. The Morgan fingerprint density at radius 2 is 2.12 bits per heavy atom. The van der Waals surface area contributed by atoms with Crippen molar-refractivity contribution >= 4 is 17.7 Å². The van der Waals surface area contributed by atoms with Gasteiger partial charge in [-0.2, -0.15) is 0 Å². The molecule has 3 heterocycles. The van der Waals surface area contributed by atoms with E-state index >= 15 is 0 Å². The summed E-state index contributed by atoms with van der Waals surface area (Å²) in [6, 6.07) is 0. The maximum atomic E-state index is 12.6. The van der Waals surface area contributed by atoms with E-state index in [1.807, 2.05) is 23.6 Å². The SMILES string of the molecule is Cc1noc(C)c1C(=O)N1CC2(C[C@@H](OCC3CCCC3)CS2)C1. The van der Waals surface area contributed by atoms with E-state index in [1.54, 1.807) is 6.92 Å². The number of carbonyl (C=O) groups is 1. The number of aryl methyl sites for hydroxylation is 2. The number of nitrogens with zero attached hydrogens (tertiary/aromatic N) is 2. The summed E-state index contributed by atoms with van der Waals surface area (Å²) in [5.41, 5.74) is 1.33. The van der Waals surface area contributed by atoms with E-state index in [9.17, 15) is 4.79 Å². The highest BCUT2D eigenvalue weighted by molar-refractivity contribution is 8.01. The van der Waals surface area contributed by atoms with Gasteiger partial charge in [-0.25, -0.2) is 0 Å². The fourth-order valence-corrected chi connectivity index (χ4v) is 5.87. The molecule has 1 aromatic rings. The Hall–Kier alpha value is -1.01. The van der Waals surface area contributed by atoms with E-state index in [-0.39, 0.29) is 10.7 Å². The molecule has 2 saturated heterocycles. The van der Waals surface area contributed by atoms with E-state index in [1.165, 1.54) is 25.7 Å². The van der Waals surface area contributed by atoms with Crippen LogP contribution in [0, 0.1) is 19.8 Å². The predicted molar refractivity (Wildman–Crippen MR) is 93.4 cm³/mol. The molecule has 6 heteroatoms. The van der Waals surface area contributed by atoms with Gasteiger partial charge in [0.1, 0.15) is 11.3 Å². The van der Waals surface area contributed by atoms with Crippen molar-refractivity contribution in [1.29, 1.82) is 0 Å². The first kappa shape index (κ1) is 16.5. The Morgan fingerprint density at radius 3 is 2.79 bits per heavy atom. The molecule has 3 aliphatic rings. The highest BCUT2D eigenvalue weighted by Gasteiger charge is 2.51. The average Bonchev–Trinajstić information content (AvgIpc) is 3.24. The first-order chi connectivity index (χ1) is 11.6. The van der Waals surface area contributed by atoms with Crippen molar-refractivity contribution in [2.45, 2.75) is 56.8 Å². The van der Waals surface area contributed by atoms with Gasteiger partial charge < -0.3 is 14.2 Å². The normalized spacial score (nSPS) is 26.2. The van der Waals surface area contributed by atoms with Gasteiger partial charge in [-0.3, -0.25) is 4.79 Å². The average molecular weight is 350 g/mol. The van der Waals surface area contributed by atoms with Crippen LogP contribution in [0.3, 0.4) is 0 Å². The molecule has 132 valence electrons. The van der Waals surface area contributed by atoms with Crippen LogP contribution in [0.5, 0.6) is 0 Å². The standard InChI is InChI=1S/C18H26N2O3S/c1-12-16(13(2)23-19-12)17(21)20-10-18(11-20)7-15(9-24-18)22-8-14-5-3-4-6-14/h14-15H,3-11H2,1-2H3/t15-/m1/s1. The number of hydrogen-bond acceptors (Lipinski definition) is 5. The summed E-state index contributed by atoms with van der Waals surface area (Å²) in [5.74, 6) is 2.54. The van der Waals surface area contributed by atoms with Gasteiger partial charge >= 0.3 is 0 Å². The minimum Gasteiger partial charge on any atom is -0.377 e. The van der Waals surface area contributed by atoms with Crippen LogP contribution >= 0.6 is 11.8 Å². The second kappa shape index (κ2) is 6.37. The van der Waals surface area contributed by atoms with Gasteiger partial charge in [0.05, 0.1) is 16.5 Å². The van der Waals surface area contributed by atoms with Crippen LogP contribution < -0.4 is 0 Å². The lowest BCUT2D eigenvalue weighted by Crippen LogP contribution is -2.60. The van der Waals surface area contributed by atoms with Gasteiger partial charge in [0.2, 0.25) is 0 Å². The first-order valence-corrected chi connectivity index (χ1v) is 10.0. The smallest absolute Gasteiger partial charge is 0.259 e. The molecule has 1 saturated carbocycles. The molecule has 0 radical (unpaired) electrons. The maximum Gasteiger partial charge on any atom is 0.259 e. The molecule has 1 aliphatic carbocycles. The molecule has 1 amide bonds. The Balaban J connectivity index is 1.28. The zero-order valence-electron chi connectivity index (χ0n) is 14.5. The molecule has 0 aromatic carbocycles. The highest BCUT2D eigenvalue weighted by Crippen LogP contribution is 2.46. The van der Waals surface area contributed by atoms with Crippen molar-refractivity contribution in [1.82, 2.24) is 10.1 Å². The molecule has 0 bridgehead atoms. The Kier molecular flexibility index (Phi) is 4.37. The van der Waals surface area contributed by atoms with Crippen molar-refractivity contribution in [3.63, 3.8) is 0 Å². The number of hydrogen-bond donors (Lipinski definition) is 0. The molecule has 3 fully saturated rings. The molecule has 1 atom stereocenters. The van der Waals surface area contributed by atoms with Gasteiger partial charge in [-0.1, -0.05) is 18.0 Å². The lowest BCUT2D eigenvalue weighted by Gasteiger charge is -2.47. The summed E-state index contributed by atoms with van der Waals surface area (Å²) < 4.78 is 11.5. The Bertz CT molecular complexity index is 598. The van der Waals surface area contributed by atoms with E-state index in [4.69, 9.17) is 9.26 Å². The van der Waals surface area contributed by atoms with Crippen molar-refractivity contribution in [3.8, 4) is 0 Å². The van der Waals surface area contributed by atoms with Crippen LogP contribution in [0.2, 0.25) is 0 Å². The van der Waals surface area contributed by atoms with Gasteiger partial charge in [-0.15, -0.1) is 11.8 Å². The fraction of sp³-hybridized carbons (Fsp3) is 0.778. The number of thioether (sulfide) groups is 1. The number of carbonyl (C=O) groups excluding carboxylic acids is 1. The largest absolute Gasteiger partial charge is 0.377 e. The monoisotopic (exact) mass is 350 g/mol. The third-order valence-corrected chi connectivity index (χ3v) is 7.29. The summed E-state index contributed by atoms with van der Waals surface area (Å²) in [6.07, 6.45) is 6.87. The third kappa shape index (κ3) is 2.99. The molecule has 1 spiro atoms. The zero-order chi connectivity index (χ0) is 16.7. The van der Waals surface area contributed by atoms with Gasteiger partial charge in [0, 0.05) is 25.4 Å². The lowest BCUT2D eigenvalue weighted by molar-refractivity contribution is 0.0197. The van der Waals surface area contributed by atoms with Gasteiger partial charge in [0.15, 0.2) is 0 Å². The van der Waals surface area contributed by atoms with E-state index in [0.29, 0.717) is 23.1 Å². The molecule has 4 rings (SSSR count). The van der Waals surface area contributed by atoms with Crippen LogP contribution in [-0.4, -0.2) is 52.3 Å². The Morgan fingerprint density at radius 1 is 1.38 bits per heavy atom. The van der Waals surface area contributed by atoms with Crippen molar-refractivity contribution < 1.29 is 14.1 Å². The minimum atomic E-state index is 0.0628. The summed E-state index contributed by atoms with van der Waals surface area (Å²) in [4.78, 5) is 14.6. The van der Waals surface area contributed by atoms with Crippen LogP contribution in [-0.2, 0) is 4.74 Å². The molecule has 0 N–H and O–H groups in total. The second-order valence-corrected chi connectivity index (χ2v) is 9.15. The highest BCUT2D eigenvalue weighted by atomic mass is 32.2. The zero-order valence-corrected chi connectivity index (χ0v) is 15.4. The summed E-state index contributed by atoms with van der Waals surface area (Å²) >= 11 is 1.99. The van der Waals surface area contributed by atoms with Crippen LogP contribution in [0.1, 0.15) is 53.9 Å². The van der Waals surface area contributed by atoms with Gasteiger partial charge in [-0.05, 0) is 39.0 Å². The van der Waals surface area contributed by atoms with Crippen molar-refractivity contribution in [2.75, 3.05) is 25.4 Å². The van der Waals surface area contributed by atoms with Crippen LogP contribution in [0.25, 0.3) is 0 Å². The topological polar surface area (TPSA) is 55.6 Å². The third-order valence-electron chi connectivity index (χ3n) is 5.71. The summed E-state index contributed by atoms with van der Waals surface area (Å²) in [5, 5.41) is 3.89. The summed E-state index contributed by atoms with van der Waals surface area (Å²) in [7, 11) is 0. The number of likely N-dealkylation sites (tertiary alicyclic amines) is 1. The number of aromatic nitrogens is 1. The summed E-state index contributed by atoms with van der Waals surface area (Å²) in [6.45, 7) is 6.22.